The van der Waals surface area contributed by atoms with E-state index in [1.54, 1.807) is 0 Å². The number of amides is 1. The van der Waals surface area contributed by atoms with Crippen molar-refractivity contribution in [3.05, 3.63) is 53.4 Å². The monoisotopic (exact) mass is 426 g/mol. The number of H-pyrrole nitrogens is 1. The summed E-state index contributed by atoms with van der Waals surface area (Å²) in [5.74, 6) is -0.695. The number of anilines is 2. The molecule has 5 nitrogen and oxygen atoms in total. The smallest absolute Gasteiger partial charge is 0.255 e. The van der Waals surface area contributed by atoms with E-state index in [2.05, 4.69) is 15.2 Å². The average molecular weight is 427 g/mol. The highest BCUT2D eigenvalue weighted by atomic mass is 19.1. The second-order valence-corrected chi connectivity index (χ2v) is 8.13. The molecule has 1 aromatic heterocycles. The van der Waals surface area contributed by atoms with Crippen LogP contribution in [0.3, 0.4) is 0 Å². The summed E-state index contributed by atoms with van der Waals surface area (Å²) in [5, 5.41) is 2.84. The van der Waals surface area contributed by atoms with Crippen molar-refractivity contribution in [2.45, 2.75) is 51.9 Å². The zero-order valence-corrected chi connectivity index (χ0v) is 18.0. The highest BCUT2D eigenvalue weighted by molar-refractivity contribution is 6.07. The number of fused-ring (bicyclic) bond motifs is 1. The fourth-order valence-corrected chi connectivity index (χ4v) is 4.44. The first-order valence-corrected chi connectivity index (χ1v) is 11.0. The molecule has 0 saturated heterocycles. The van der Waals surface area contributed by atoms with Crippen LogP contribution in [0, 0.1) is 11.6 Å². The van der Waals surface area contributed by atoms with Crippen molar-refractivity contribution in [2.24, 2.45) is 0 Å². The molecule has 1 fully saturated rings. The van der Waals surface area contributed by atoms with E-state index in [4.69, 9.17) is 4.98 Å². The van der Waals surface area contributed by atoms with Gasteiger partial charge in [0.2, 0.25) is 0 Å². The Morgan fingerprint density at radius 1 is 1.06 bits per heavy atom. The van der Waals surface area contributed by atoms with E-state index in [0.717, 1.165) is 66.7 Å². The summed E-state index contributed by atoms with van der Waals surface area (Å²) in [6.45, 7) is 5.59. The number of rotatable bonds is 6. The molecule has 31 heavy (non-hydrogen) atoms. The molecule has 7 heteroatoms. The lowest BCUT2D eigenvalue weighted by Gasteiger charge is -2.24. The third-order valence-corrected chi connectivity index (χ3v) is 6.09. The molecule has 1 heterocycles. The van der Waals surface area contributed by atoms with Crippen molar-refractivity contribution in [1.82, 2.24) is 9.97 Å². The van der Waals surface area contributed by atoms with Crippen molar-refractivity contribution < 1.29 is 13.6 Å². The van der Waals surface area contributed by atoms with Crippen LogP contribution in [-0.2, 0) is 0 Å². The first-order chi connectivity index (χ1) is 15.0. The molecule has 164 valence electrons. The number of carbonyl (C=O) groups is 1. The molecule has 0 spiro atoms. The van der Waals surface area contributed by atoms with Crippen molar-refractivity contribution in [3.63, 3.8) is 0 Å². The Balaban J connectivity index is 1.72. The predicted molar refractivity (Wildman–Crippen MR) is 120 cm³/mol. The van der Waals surface area contributed by atoms with E-state index in [1.807, 2.05) is 26.0 Å². The zero-order chi connectivity index (χ0) is 22.0. The van der Waals surface area contributed by atoms with Gasteiger partial charge in [0, 0.05) is 30.6 Å². The highest BCUT2D eigenvalue weighted by Crippen LogP contribution is 2.35. The van der Waals surface area contributed by atoms with Gasteiger partial charge in [-0.05, 0) is 51.0 Å². The van der Waals surface area contributed by atoms with E-state index in [1.165, 1.54) is 19.3 Å². The summed E-state index contributed by atoms with van der Waals surface area (Å²) in [6, 6.07) is 6.66. The van der Waals surface area contributed by atoms with Crippen LogP contribution in [0.4, 0.5) is 20.2 Å². The highest BCUT2D eigenvalue weighted by Gasteiger charge is 2.21. The lowest BCUT2D eigenvalue weighted by atomic mass is 9.89. The van der Waals surface area contributed by atoms with Crippen LogP contribution in [-0.4, -0.2) is 29.0 Å². The van der Waals surface area contributed by atoms with E-state index in [9.17, 15) is 13.6 Å². The molecule has 1 aliphatic rings. The van der Waals surface area contributed by atoms with Crippen molar-refractivity contribution in [2.75, 3.05) is 23.3 Å². The van der Waals surface area contributed by atoms with E-state index in [0.29, 0.717) is 11.6 Å². The van der Waals surface area contributed by atoms with Gasteiger partial charge < -0.3 is 15.2 Å². The van der Waals surface area contributed by atoms with Crippen molar-refractivity contribution in [1.29, 1.82) is 0 Å². The topological polar surface area (TPSA) is 61.0 Å². The number of carbonyl (C=O) groups excluding carboxylic acids is 1. The minimum atomic E-state index is -0.783. The van der Waals surface area contributed by atoms with Gasteiger partial charge in [0.1, 0.15) is 17.5 Å². The summed E-state index contributed by atoms with van der Waals surface area (Å²) in [6.07, 6.45) is 5.99. The molecule has 0 atom stereocenters. The van der Waals surface area contributed by atoms with Gasteiger partial charge in [-0.2, -0.15) is 0 Å². The SMILES string of the molecule is CCN(CC)c1cc2[nH]c(C3CCCCC3)nc2cc1NC(=O)c1cc(F)cc(F)c1. The fourth-order valence-electron chi connectivity index (χ4n) is 4.44. The quantitative estimate of drug-likeness (QED) is 0.509. The van der Waals surface area contributed by atoms with Crippen LogP contribution in [0.25, 0.3) is 11.0 Å². The molecule has 2 aromatic carbocycles. The maximum absolute atomic E-state index is 13.6. The molecule has 1 saturated carbocycles. The van der Waals surface area contributed by atoms with Gasteiger partial charge in [0.15, 0.2) is 0 Å². The van der Waals surface area contributed by atoms with Crippen LogP contribution in [0.1, 0.15) is 68.1 Å². The second kappa shape index (κ2) is 9.04. The van der Waals surface area contributed by atoms with Gasteiger partial charge in [-0.15, -0.1) is 0 Å². The molecular formula is C24H28F2N4O. The number of hydrogen-bond donors (Lipinski definition) is 2. The summed E-state index contributed by atoms with van der Waals surface area (Å²) in [4.78, 5) is 23.2. The van der Waals surface area contributed by atoms with Crippen LogP contribution in [0.5, 0.6) is 0 Å². The van der Waals surface area contributed by atoms with E-state index < -0.39 is 17.5 Å². The van der Waals surface area contributed by atoms with E-state index >= 15 is 0 Å². The second-order valence-electron chi connectivity index (χ2n) is 8.13. The van der Waals surface area contributed by atoms with Gasteiger partial charge in [0.25, 0.3) is 5.91 Å². The summed E-state index contributed by atoms with van der Waals surface area (Å²) < 4.78 is 27.2. The lowest BCUT2D eigenvalue weighted by molar-refractivity contribution is 0.102. The first kappa shape index (κ1) is 21.3. The standard InChI is InChI=1S/C24H28F2N4O/c1-3-30(4-2)22-14-20-19(27-23(28-20)15-8-6-5-7-9-15)13-21(22)29-24(31)16-10-17(25)12-18(26)11-16/h10-15H,3-9H2,1-2H3,(H,27,28)(H,29,31). The predicted octanol–water partition coefficient (Wildman–Crippen LogP) is 5.99. The third kappa shape index (κ3) is 4.55. The Bertz CT molecular complexity index is 1060. The molecule has 4 rings (SSSR count). The maximum Gasteiger partial charge on any atom is 0.255 e. The number of nitrogens with one attached hydrogen (secondary N) is 2. The van der Waals surface area contributed by atoms with Crippen molar-refractivity contribution in [3.8, 4) is 0 Å². The van der Waals surface area contributed by atoms with Gasteiger partial charge in [0.05, 0.1) is 22.4 Å². The Hall–Kier alpha value is -2.96. The Morgan fingerprint density at radius 2 is 1.74 bits per heavy atom. The van der Waals surface area contributed by atoms with Gasteiger partial charge in [-0.3, -0.25) is 4.79 Å². The van der Waals surface area contributed by atoms with Crippen LogP contribution in [0.2, 0.25) is 0 Å². The van der Waals surface area contributed by atoms with Crippen LogP contribution in [0.15, 0.2) is 30.3 Å². The van der Waals surface area contributed by atoms with Gasteiger partial charge in [-0.1, -0.05) is 19.3 Å². The number of halogens is 2. The molecule has 0 bridgehead atoms. The van der Waals surface area contributed by atoms with Crippen LogP contribution < -0.4 is 10.2 Å². The fraction of sp³-hybridized carbons (Fsp3) is 0.417. The number of hydrogen-bond acceptors (Lipinski definition) is 3. The normalized spacial score (nSPS) is 14.7. The van der Waals surface area contributed by atoms with Gasteiger partial charge >= 0.3 is 0 Å². The number of aromatic amines is 1. The molecule has 1 amide bonds. The molecule has 1 aliphatic carbocycles. The molecule has 2 N–H and O–H groups in total. The number of aromatic nitrogens is 2. The molecular weight excluding hydrogens is 398 g/mol. The number of benzene rings is 2. The number of imidazole rings is 1. The lowest BCUT2D eigenvalue weighted by Crippen LogP contribution is -2.24. The average Bonchev–Trinajstić information content (AvgIpc) is 3.17. The Morgan fingerprint density at radius 3 is 2.39 bits per heavy atom. The third-order valence-electron chi connectivity index (χ3n) is 6.09. The Labute approximate surface area is 180 Å². The summed E-state index contributed by atoms with van der Waals surface area (Å²) in [5.41, 5.74) is 3.07. The Kier molecular flexibility index (Phi) is 6.20. The number of nitrogens with zero attached hydrogens (tertiary/aromatic N) is 2. The summed E-state index contributed by atoms with van der Waals surface area (Å²) in [7, 11) is 0. The van der Waals surface area contributed by atoms with E-state index in [-0.39, 0.29) is 5.56 Å². The van der Waals surface area contributed by atoms with Crippen LogP contribution >= 0.6 is 0 Å². The molecule has 0 unspecified atom stereocenters. The zero-order valence-electron chi connectivity index (χ0n) is 18.0. The maximum atomic E-state index is 13.6. The minimum absolute atomic E-state index is 0.0620. The first-order valence-electron chi connectivity index (χ1n) is 11.0. The largest absolute Gasteiger partial charge is 0.370 e. The van der Waals surface area contributed by atoms with Gasteiger partial charge in [-0.25, -0.2) is 13.8 Å². The minimum Gasteiger partial charge on any atom is -0.370 e. The summed E-state index contributed by atoms with van der Waals surface area (Å²) >= 11 is 0. The van der Waals surface area contributed by atoms with Crippen molar-refractivity contribution >= 4 is 28.3 Å². The molecule has 0 radical (unpaired) electrons. The molecule has 3 aromatic rings. The molecule has 0 aliphatic heterocycles.